The van der Waals surface area contributed by atoms with Crippen LogP contribution in [0.15, 0.2) is 24.3 Å². The molecule has 0 unspecified atom stereocenters. The van der Waals surface area contributed by atoms with Crippen LogP contribution in [0.1, 0.15) is 44.9 Å². The zero-order valence-corrected chi connectivity index (χ0v) is 14.9. The minimum absolute atomic E-state index is 0.182. The van der Waals surface area contributed by atoms with Gasteiger partial charge in [0.15, 0.2) is 5.69 Å². The van der Waals surface area contributed by atoms with Crippen molar-refractivity contribution in [3.8, 4) is 5.75 Å². The third-order valence-corrected chi connectivity index (χ3v) is 5.07. The molecule has 2 aliphatic rings. The fraction of sp³-hybridized carbons (Fsp3) is 0.421. The van der Waals surface area contributed by atoms with Crippen LogP contribution in [0.2, 0.25) is 0 Å². The Bertz CT molecular complexity index is 846. The minimum Gasteiger partial charge on any atom is -0.486 e. The van der Waals surface area contributed by atoms with Gasteiger partial charge in [-0.15, -0.1) is 0 Å². The lowest BCUT2D eigenvalue weighted by molar-refractivity contribution is -0.0135. The number of aromatic amines is 1. The number of aryl methyl sites for hydroxylation is 1. The van der Waals surface area contributed by atoms with Crippen LogP contribution in [-0.4, -0.2) is 47.4 Å². The molecule has 0 bridgehead atoms. The summed E-state index contributed by atoms with van der Waals surface area (Å²) in [5, 5.41) is 10.2. The van der Waals surface area contributed by atoms with Crippen molar-refractivity contribution in [2.24, 2.45) is 5.73 Å². The molecule has 2 atom stereocenters. The van der Waals surface area contributed by atoms with E-state index in [4.69, 9.17) is 15.2 Å². The number of carbonyl (C=O) groups excluding carboxylic acids is 2. The highest BCUT2D eigenvalue weighted by molar-refractivity contribution is 5.94. The van der Waals surface area contributed by atoms with E-state index in [2.05, 4.69) is 15.5 Å². The van der Waals surface area contributed by atoms with E-state index in [0.717, 1.165) is 30.5 Å². The van der Waals surface area contributed by atoms with Crippen molar-refractivity contribution in [3.63, 3.8) is 0 Å². The summed E-state index contributed by atoms with van der Waals surface area (Å²) in [5.74, 6) is -0.0754. The number of hydrogen-bond donors (Lipinski definition) is 3. The normalized spacial score (nSPS) is 21.5. The van der Waals surface area contributed by atoms with Crippen molar-refractivity contribution >= 4 is 11.8 Å². The summed E-state index contributed by atoms with van der Waals surface area (Å²) in [6.07, 6.45) is 3.21. The van der Waals surface area contributed by atoms with E-state index in [1.807, 2.05) is 0 Å². The van der Waals surface area contributed by atoms with Gasteiger partial charge < -0.3 is 20.5 Å². The maximum Gasteiger partial charge on any atom is 0.272 e. The fourth-order valence-electron chi connectivity index (χ4n) is 3.61. The summed E-state index contributed by atoms with van der Waals surface area (Å²) in [7, 11) is 0. The Morgan fingerprint density at radius 1 is 1.26 bits per heavy atom. The van der Waals surface area contributed by atoms with Crippen LogP contribution in [0.5, 0.6) is 5.75 Å². The number of aromatic nitrogens is 2. The van der Waals surface area contributed by atoms with Gasteiger partial charge in [-0.1, -0.05) is 0 Å². The number of nitrogens with one attached hydrogen (secondary N) is 2. The third-order valence-electron chi connectivity index (χ3n) is 5.07. The molecular weight excluding hydrogens is 348 g/mol. The molecule has 8 heteroatoms. The number of rotatable bonds is 5. The van der Waals surface area contributed by atoms with Crippen molar-refractivity contribution in [1.82, 2.24) is 15.5 Å². The zero-order valence-electron chi connectivity index (χ0n) is 14.9. The first kappa shape index (κ1) is 17.5. The minimum atomic E-state index is -0.487. The number of nitrogens with two attached hydrogens (primary N) is 1. The first-order chi connectivity index (χ1) is 13.1. The third kappa shape index (κ3) is 3.66. The van der Waals surface area contributed by atoms with Crippen molar-refractivity contribution < 1.29 is 19.1 Å². The summed E-state index contributed by atoms with van der Waals surface area (Å²) in [6, 6.07) is 6.42. The lowest BCUT2D eigenvalue weighted by Crippen LogP contribution is -2.51. The van der Waals surface area contributed by atoms with Crippen LogP contribution in [0.3, 0.4) is 0 Å². The van der Waals surface area contributed by atoms with E-state index < -0.39 is 5.91 Å². The Labute approximate surface area is 156 Å². The number of fused-ring (bicyclic) bond motifs is 1. The monoisotopic (exact) mass is 370 g/mol. The second-order valence-electron chi connectivity index (χ2n) is 6.87. The Balaban J connectivity index is 1.44. The SMILES string of the molecule is NC(=O)c1ccc(O[C@@H]2COCC[C@H]2NC(=O)c2n[nH]c3c2CCC3)cc1. The Morgan fingerprint density at radius 3 is 2.85 bits per heavy atom. The molecule has 2 heterocycles. The Kier molecular flexibility index (Phi) is 4.81. The maximum atomic E-state index is 12.7. The van der Waals surface area contributed by atoms with Gasteiger partial charge in [-0.25, -0.2) is 0 Å². The number of amides is 2. The summed E-state index contributed by atoms with van der Waals surface area (Å²) in [4.78, 5) is 23.9. The topological polar surface area (TPSA) is 119 Å². The van der Waals surface area contributed by atoms with Crippen LogP contribution >= 0.6 is 0 Å². The number of ether oxygens (including phenoxy) is 2. The van der Waals surface area contributed by atoms with Crippen LogP contribution in [0, 0.1) is 0 Å². The van der Waals surface area contributed by atoms with E-state index in [0.29, 0.717) is 36.6 Å². The molecule has 1 aromatic carbocycles. The molecule has 0 spiro atoms. The lowest BCUT2D eigenvalue weighted by atomic mass is 10.0. The number of nitrogens with zero attached hydrogens (tertiary/aromatic N) is 1. The van der Waals surface area contributed by atoms with Crippen LogP contribution < -0.4 is 15.8 Å². The van der Waals surface area contributed by atoms with Crippen molar-refractivity contribution in [2.75, 3.05) is 13.2 Å². The van der Waals surface area contributed by atoms with Crippen LogP contribution in [0.25, 0.3) is 0 Å². The Hall–Kier alpha value is -2.87. The molecule has 0 radical (unpaired) electrons. The number of primary amides is 1. The average molecular weight is 370 g/mol. The van der Waals surface area contributed by atoms with Gasteiger partial charge in [0, 0.05) is 23.4 Å². The fourth-order valence-corrected chi connectivity index (χ4v) is 3.61. The molecule has 1 aliphatic carbocycles. The van der Waals surface area contributed by atoms with Crippen molar-refractivity contribution in [3.05, 3.63) is 46.8 Å². The molecule has 4 N–H and O–H groups in total. The highest BCUT2D eigenvalue weighted by Crippen LogP contribution is 2.23. The molecule has 4 rings (SSSR count). The summed E-state index contributed by atoms with van der Waals surface area (Å²) < 4.78 is 11.5. The summed E-state index contributed by atoms with van der Waals surface area (Å²) in [5.41, 5.74) is 8.25. The number of hydrogen-bond acceptors (Lipinski definition) is 5. The highest BCUT2D eigenvalue weighted by atomic mass is 16.5. The second-order valence-corrected chi connectivity index (χ2v) is 6.87. The molecule has 2 amide bonds. The largest absolute Gasteiger partial charge is 0.486 e. The van der Waals surface area contributed by atoms with Gasteiger partial charge in [0.1, 0.15) is 11.9 Å². The zero-order chi connectivity index (χ0) is 18.8. The molecule has 0 saturated carbocycles. The van der Waals surface area contributed by atoms with Crippen molar-refractivity contribution in [1.29, 1.82) is 0 Å². The van der Waals surface area contributed by atoms with Gasteiger partial charge in [0.2, 0.25) is 5.91 Å². The molecule has 8 nitrogen and oxygen atoms in total. The Morgan fingerprint density at radius 2 is 2.07 bits per heavy atom. The molecule has 1 aromatic heterocycles. The van der Waals surface area contributed by atoms with E-state index in [1.165, 1.54) is 0 Å². The quantitative estimate of drug-likeness (QED) is 0.724. The maximum absolute atomic E-state index is 12.7. The molecule has 27 heavy (non-hydrogen) atoms. The van der Waals surface area contributed by atoms with Crippen LogP contribution in [-0.2, 0) is 17.6 Å². The van der Waals surface area contributed by atoms with E-state index in [1.54, 1.807) is 24.3 Å². The molecule has 1 saturated heterocycles. The predicted octanol–water partition coefficient (Wildman–Crippen LogP) is 0.964. The highest BCUT2D eigenvalue weighted by Gasteiger charge is 2.31. The molecule has 1 aliphatic heterocycles. The molecule has 142 valence electrons. The number of carbonyl (C=O) groups is 2. The van der Waals surface area contributed by atoms with Gasteiger partial charge in [0.25, 0.3) is 5.91 Å². The predicted molar refractivity (Wildman–Crippen MR) is 96.7 cm³/mol. The standard InChI is InChI=1S/C19H22N4O4/c20-18(24)11-4-6-12(7-5-11)27-16-10-26-9-8-15(16)21-19(25)17-13-2-1-3-14(13)22-23-17/h4-7,15-16H,1-3,8-10H2,(H2,20,24)(H,21,25)(H,22,23)/t15-,16-/m1/s1. The second kappa shape index (κ2) is 7.40. The van der Waals surface area contributed by atoms with Gasteiger partial charge >= 0.3 is 0 Å². The number of benzene rings is 1. The molecule has 2 aromatic rings. The first-order valence-corrected chi connectivity index (χ1v) is 9.13. The molecular formula is C19H22N4O4. The van der Waals surface area contributed by atoms with E-state index in [-0.39, 0.29) is 18.1 Å². The smallest absolute Gasteiger partial charge is 0.272 e. The van der Waals surface area contributed by atoms with Gasteiger partial charge in [-0.05, 0) is 49.9 Å². The van der Waals surface area contributed by atoms with Crippen LogP contribution in [0.4, 0.5) is 0 Å². The summed E-state index contributed by atoms with van der Waals surface area (Å²) >= 11 is 0. The number of H-pyrrole nitrogens is 1. The van der Waals surface area contributed by atoms with Gasteiger partial charge in [-0.2, -0.15) is 5.10 Å². The molecule has 1 fully saturated rings. The first-order valence-electron chi connectivity index (χ1n) is 9.13. The average Bonchev–Trinajstić information content (AvgIpc) is 3.27. The lowest BCUT2D eigenvalue weighted by Gasteiger charge is -2.32. The van der Waals surface area contributed by atoms with E-state index in [9.17, 15) is 9.59 Å². The van der Waals surface area contributed by atoms with Gasteiger partial charge in [-0.3, -0.25) is 14.7 Å². The van der Waals surface area contributed by atoms with Crippen molar-refractivity contribution in [2.45, 2.75) is 37.8 Å². The van der Waals surface area contributed by atoms with Gasteiger partial charge in [0.05, 0.1) is 12.6 Å². The summed E-state index contributed by atoms with van der Waals surface area (Å²) in [6.45, 7) is 0.936. The van der Waals surface area contributed by atoms with E-state index >= 15 is 0 Å².